The molecule has 2 aromatic carbocycles. The molecule has 4 aliphatic rings. The lowest BCUT2D eigenvalue weighted by atomic mass is 9.49. The molecule has 4 fully saturated rings. The molecule has 374 valence electrons. The molecule has 0 bridgehead atoms. The lowest BCUT2D eigenvalue weighted by Crippen LogP contribution is -2.74. The summed E-state index contributed by atoms with van der Waals surface area (Å²) >= 11 is 6.26. The number of aliphatic hydroxyl groups is 1. The van der Waals surface area contributed by atoms with Gasteiger partial charge in [0.1, 0.15) is 41.8 Å². The van der Waals surface area contributed by atoms with Crippen LogP contribution < -0.4 is 20.3 Å². The van der Waals surface area contributed by atoms with Crippen LogP contribution in [-0.4, -0.2) is 122 Å². The fourth-order valence-corrected chi connectivity index (χ4v) is 11.6. The molecule has 1 saturated carbocycles. The van der Waals surface area contributed by atoms with Gasteiger partial charge in [0, 0.05) is 79.1 Å². The van der Waals surface area contributed by atoms with Crippen LogP contribution >= 0.6 is 11.6 Å². The molecule has 1 aliphatic carbocycles. The number of aliphatic hydroxyl groups excluding tert-OH is 1. The van der Waals surface area contributed by atoms with E-state index in [1.807, 2.05) is 56.3 Å². The highest BCUT2D eigenvalue weighted by Crippen LogP contribution is 2.55. The number of hydrogen-bond acceptors (Lipinski definition) is 13. The van der Waals surface area contributed by atoms with E-state index >= 15 is 0 Å². The smallest absolute Gasteiger partial charge is 0.253 e. The number of unbranched alkanes of at least 4 members (excludes halogenated alkanes) is 1. The third-order valence-corrected chi connectivity index (χ3v) is 15.4. The van der Waals surface area contributed by atoms with Gasteiger partial charge in [-0.3, -0.25) is 19.3 Å². The van der Waals surface area contributed by atoms with E-state index < -0.39 is 30.4 Å². The third kappa shape index (κ3) is 9.87. The number of fused-ring (bicyclic) bond motifs is 1. The number of carbonyl (C=O) groups is 3. The second-order valence-electron chi connectivity index (χ2n) is 20.7. The van der Waals surface area contributed by atoms with Gasteiger partial charge in [-0.2, -0.15) is 5.26 Å². The average Bonchev–Trinajstić information content (AvgIpc) is 4.10. The van der Waals surface area contributed by atoms with Crippen molar-refractivity contribution in [3.8, 4) is 23.1 Å². The van der Waals surface area contributed by atoms with E-state index in [9.17, 15) is 24.8 Å². The Morgan fingerprint density at radius 1 is 1.03 bits per heavy atom. The Morgan fingerprint density at radius 3 is 2.44 bits per heavy atom. The number of carbonyl (C=O) groups excluding carboxylic acids is 3. The number of aromatic nitrogens is 4. The molecule has 18 heteroatoms. The zero-order valence-corrected chi connectivity index (χ0v) is 42.1. The van der Waals surface area contributed by atoms with Crippen molar-refractivity contribution in [1.82, 2.24) is 40.5 Å². The normalized spacial score (nSPS) is 25.2. The highest BCUT2D eigenvalue weighted by Gasteiger charge is 2.64. The van der Waals surface area contributed by atoms with Gasteiger partial charge in [-0.05, 0) is 76.4 Å². The van der Waals surface area contributed by atoms with Crippen LogP contribution in [0.15, 0.2) is 77.7 Å². The number of anilines is 1. The number of nitrogens with one attached hydrogen (secondary N) is 3. The van der Waals surface area contributed by atoms with Crippen molar-refractivity contribution in [1.29, 1.82) is 5.26 Å². The van der Waals surface area contributed by atoms with Crippen LogP contribution in [-0.2, 0) is 20.7 Å². The Hall–Kier alpha value is -6.32. The average molecular weight is 988 g/mol. The van der Waals surface area contributed by atoms with E-state index in [2.05, 4.69) is 74.3 Å². The molecule has 0 radical (unpaired) electrons. The van der Waals surface area contributed by atoms with E-state index in [4.69, 9.17) is 25.6 Å². The molecule has 3 aromatic heterocycles. The number of aromatic amines is 1. The topological polar surface area (TPSA) is 215 Å². The molecule has 6 atom stereocenters. The second-order valence-corrected chi connectivity index (χ2v) is 21.1. The van der Waals surface area contributed by atoms with Gasteiger partial charge in [0.05, 0.1) is 46.0 Å². The summed E-state index contributed by atoms with van der Waals surface area (Å²) in [4.78, 5) is 59.7. The number of rotatable bonds is 15. The number of H-pyrrole nitrogens is 1. The van der Waals surface area contributed by atoms with Crippen molar-refractivity contribution < 1.29 is 33.5 Å². The standard InChI is InChI=1S/C53H63ClN10O7/c1-30(33-11-13-34(14-12-33)45-31(2)57-29-58-45)59-47(67)40-26-41(65)49-64(40)48(68)44(32(3)69-49)42-24-37(61-71-42)10-8-9-19-62-20-22-63(23-21-62)43-18-16-36(28-56-43)46(66)60-50-52(4,5)51(53(50,6)7)70-38-17-15-35(27-55)39(54)25-38/h11-18,24-25,28-30,32,40-41,44,49-51,65H,8-10,19-23,26H2,1-7H3,(H,57,58)(H,59,67)(H,60,66)/t30-,32?,40-,41+,44+,49?,50?,51?/m0/s1. The fourth-order valence-electron chi connectivity index (χ4n) is 11.4. The van der Waals surface area contributed by atoms with E-state index in [0.29, 0.717) is 34.1 Å². The maximum atomic E-state index is 14.2. The Labute approximate surface area is 419 Å². The van der Waals surface area contributed by atoms with E-state index in [-0.39, 0.29) is 53.2 Å². The van der Waals surface area contributed by atoms with Crippen LogP contribution in [0.4, 0.5) is 5.82 Å². The summed E-state index contributed by atoms with van der Waals surface area (Å²) in [6.45, 7) is 18.3. The van der Waals surface area contributed by atoms with Gasteiger partial charge >= 0.3 is 0 Å². The van der Waals surface area contributed by atoms with Crippen LogP contribution in [0.25, 0.3) is 11.3 Å². The zero-order chi connectivity index (χ0) is 50.4. The Bertz CT molecular complexity index is 2760. The number of aryl methyl sites for hydroxylation is 2. The molecule has 4 N–H and O–H groups in total. The molecule has 3 aliphatic heterocycles. The van der Waals surface area contributed by atoms with Crippen LogP contribution in [0, 0.1) is 29.1 Å². The molecule has 3 amide bonds. The quantitative estimate of drug-likeness (QED) is 0.0803. The number of hydrogen-bond donors (Lipinski definition) is 4. The lowest BCUT2D eigenvalue weighted by Gasteiger charge is -2.63. The highest BCUT2D eigenvalue weighted by atomic mass is 35.5. The number of ether oxygens (including phenoxy) is 2. The lowest BCUT2D eigenvalue weighted by molar-refractivity contribution is -0.188. The van der Waals surface area contributed by atoms with E-state index in [0.717, 1.165) is 79.6 Å². The number of benzene rings is 2. The summed E-state index contributed by atoms with van der Waals surface area (Å²) < 4.78 is 18.4. The molecule has 0 spiro atoms. The van der Waals surface area contributed by atoms with Crippen molar-refractivity contribution in [3.63, 3.8) is 0 Å². The minimum Gasteiger partial charge on any atom is -0.489 e. The number of amides is 3. The minimum absolute atomic E-state index is 0.0604. The molecule has 2 unspecified atom stereocenters. The van der Waals surface area contributed by atoms with E-state index in [1.54, 1.807) is 37.6 Å². The first-order valence-corrected chi connectivity index (χ1v) is 24.9. The molecule has 71 heavy (non-hydrogen) atoms. The minimum atomic E-state index is -1.01. The van der Waals surface area contributed by atoms with Crippen LogP contribution in [0.2, 0.25) is 5.02 Å². The monoisotopic (exact) mass is 986 g/mol. The van der Waals surface area contributed by atoms with Gasteiger partial charge in [0.2, 0.25) is 11.8 Å². The second kappa shape index (κ2) is 20.1. The van der Waals surface area contributed by atoms with E-state index in [1.165, 1.54) is 4.90 Å². The van der Waals surface area contributed by atoms with Crippen LogP contribution in [0.3, 0.4) is 0 Å². The molecule has 3 saturated heterocycles. The number of nitrogens with zero attached hydrogens (tertiary/aromatic N) is 7. The summed E-state index contributed by atoms with van der Waals surface area (Å²) in [6, 6.07) is 19.1. The van der Waals surface area contributed by atoms with Gasteiger partial charge in [-0.25, -0.2) is 9.97 Å². The number of nitriles is 1. The van der Waals surface area contributed by atoms with Gasteiger partial charge in [0.15, 0.2) is 12.0 Å². The van der Waals surface area contributed by atoms with Crippen molar-refractivity contribution >= 4 is 35.1 Å². The molecule has 9 rings (SSSR count). The van der Waals surface area contributed by atoms with Crippen LogP contribution in [0.1, 0.15) is 111 Å². The third-order valence-electron chi connectivity index (χ3n) is 15.1. The van der Waals surface area contributed by atoms with Gasteiger partial charge in [-0.1, -0.05) is 68.7 Å². The predicted molar refractivity (Wildman–Crippen MR) is 265 cm³/mol. The Balaban J connectivity index is 0.711. The maximum Gasteiger partial charge on any atom is 0.253 e. The van der Waals surface area contributed by atoms with Gasteiger partial charge in [0.25, 0.3) is 5.91 Å². The Morgan fingerprint density at radius 2 is 1.77 bits per heavy atom. The number of pyridine rings is 1. The van der Waals surface area contributed by atoms with Crippen molar-refractivity contribution in [3.05, 3.63) is 112 Å². The number of piperazine rings is 1. The van der Waals surface area contributed by atoms with Crippen molar-refractivity contribution in [2.24, 2.45) is 10.8 Å². The summed E-state index contributed by atoms with van der Waals surface area (Å²) in [6.07, 6.45) is 3.12. The fraction of sp³-hybridized carbons (Fsp3) is 0.491. The van der Waals surface area contributed by atoms with Crippen molar-refractivity contribution in [2.45, 2.75) is 123 Å². The molecular formula is C53H63ClN10O7. The van der Waals surface area contributed by atoms with Crippen molar-refractivity contribution in [2.75, 3.05) is 37.6 Å². The first-order valence-electron chi connectivity index (χ1n) is 24.6. The van der Waals surface area contributed by atoms with Gasteiger partial charge < -0.3 is 44.5 Å². The summed E-state index contributed by atoms with van der Waals surface area (Å²) in [7, 11) is 0. The SMILES string of the molecule is Cc1[nH]cnc1-c1ccc([C@H](C)NC(=O)[C@@H]2C[C@@H](O)C3OC(C)[C@H](c4cc(CCCCN5CCN(c6ccc(C(=O)NC7C(C)(C)C(Oc8ccc(C#N)c(Cl)c8)C7(C)C)cn6)CC5)no4)C(=O)N32)cc1. The summed E-state index contributed by atoms with van der Waals surface area (Å²) in [5.41, 5.74) is 4.56. The number of imidazole rings is 1. The highest BCUT2D eigenvalue weighted by molar-refractivity contribution is 6.31. The molecular weight excluding hydrogens is 924 g/mol. The first kappa shape index (κ1) is 49.7. The largest absolute Gasteiger partial charge is 0.489 e. The molecule has 17 nitrogen and oxygen atoms in total. The molecule has 6 heterocycles. The molecule has 5 aromatic rings. The first-order chi connectivity index (χ1) is 33.9. The Kier molecular flexibility index (Phi) is 14.0. The summed E-state index contributed by atoms with van der Waals surface area (Å²) in [5.74, 6) is 0.110. The summed E-state index contributed by atoms with van der Waals surface area (Å²) in [5, 5.41) is 31.2. The number of halogens is 1. The maximum absolute atomic E-state index is 14.2. The van der Waals surface area contributed by atoms with Crippen LogP contribution in [0.5, 0.6) is 5.75 Å². The van der Waals surface area contributed by atoms with Gasteiger partial charge in [-0.15, -0.1) is 0 Å². The predicted octanol–water partition coefficient (Wildman–Crippen LogP) is 6.72. The zero-order valence-electron chi connectivity index (χ0n) is 41.3.